The first-order valence-corrected chi connectivity index (χ1v) is 8.60. The number of nitrogens with one attached hydrogen (secondary N) is 1. The average molecular weight is 374 g/mol. The second-order valence-electron chi connectivity index (χ2n) is 6.47. The van der Waals surface area contributed by atoms with Crippen LogP contribution < -0.4 is 10.1 Å². The molecule has 0 saturated heterocycles. The van der Waals surface area contributed by atoms with Crippen LogP contribution in [0.2, 0.25) is 0 Å². The van der Waals surface area contributed by atoms with E-state index in [4.69, 9.17) is 4.74 Å². The zero-order valence-corrected chi connectivity index (χ0v) is 15.1. The van der Waals surface area contributed by atoms with E-state index in [9.17, 15) is 18.4 Å². The first kappa shape index (κ1) is 18.8. The summed E-state index contributed by atoms with van der Waals surface area (Å²) in [5, 5.41) is 2.28. The maximum absolute atomic E-state index is 14.3. The number of nitrogens with zero attached hydrogens (tertiary/aromatic N) is 1. The number of halogens is 2. The van der Waals surface area contributed by atoms with Gasteiger partial charge in [-0.15, -0.1) is 0 Å². The zero-order valence-electron chi connectivity index (χ0n) is 15.1. The SMILES string of the molecule is COc1ccccc1CN(C(=O)c1cc(NC(C)=O)c(F)cc1F)C1CC1. The molecular formula is C20H20F2N2O3. The number of carbonyl (C=O) groups excluding carboxylic acids is 2. The quantitative estimate of drug-likeness (QED) is 0.838. The molecule has 0 spiro atoms. The lowest BCUT2D eigenvalue weighted by atomic mass is 10.1. The van der Waals surface area contributed by atoms with Gasteiger partial charge in [0, 0.05) is 31.1 Å². The molecule has 0 bridgehead atoms. The molecule has 0 atom stereocenters. The molecule has 1 aliphatic rings. The van der Waals surface area contributed by atoms with Crippen LogP contribution in [0.1, 0.15) is 35.7 Å². The number of carbonyl (C=O) groups is 2. The van der Waals surface area contributed by atoms with Crippen LogP contribution in [0, 0.1) is 11.6 Å². The van der Waals surface area contributed by atoms with Crippen molar-refractivity contribution in [3.8, 4) is 5.75 Å². The lowest BCUT2D eigenvalue weighted by molar-refractivity contribution is -0.114. The number of ether oxygens (including phenoxy) is 1. The number of hydrogen-bond acceptors (Lipinski definition) is 3. The van der Waals surface area contributed by atoms with Gasteiger partial charge in [-0.1, -0.05) is 18.2 Å². The highest BCUT2D eigenvalue weighted by Gasteiger charge is 2.35. The molecule has 7 heteroatoms. The first-order chi connectivity index (χ1) is 12.9. The van der Waals surface area contributed by atoms with Crippen LogP contribution in [0.15, 0.2) is 36.4 Å². The monoisotopic (exact) mass is 374 g/mol. The zero-order chi connectivity index (χ0) is 19.6. The minimum absolute atomic E-state index is 0.00363. The third-order valence-electron chi connectivity index (χ3n) is 4.38. The Kier molecular flexibility index (Phi) is 5.39. The van der Waals surface area contributed by atoms with Crippen molar-refractivity contribution in [3.05, 3.63) is 59.2 Å². The fraction of sp³-hybridized carbons (Fsp3) is 0.300. The van der Waals surface area contributed by atoms with E-state index in [1.807, 2.05) is 18.2 Å². The summed E-state index contributed by atoms with van der Waals surface area (Å²) in [5.41, 5.74) is 0.298. The smallest absolute Gasteiger partial charge is 0.257 e. The summed E-state index contributed by atoms with van der Waals surface area (Å²) in [4.78, 5) is 25.8. The van der Waals surface area contributed by atoms with E-state index in [2.05, 4.69) is 5.32 Å². The molecule has 1 saturated carbocycles. The van der Waals surface area contributed by atoms with Crippen molar-refractivity contribution in [1.29, 1.82) is 0 Å². The molecule has 2 aromatic carbocycles. The maximum atomic E-state index is 14.3. The van der Waals surface area contributed by atoms with E-state index >= 15 is 0 Å². The molecule has 0 heterocycles. The van der Waals surface area contributed by atoms with Crippen molar-refractivity contribution in [2.45, 2.75) is 32.4 Å². The molecule has 3 rings (SSSR count). The van der Waals surface area contributed by atoms with E-state index in [1.165, 1.54) is 6.92 Å². The largest absolute Gasteiger partial charge is 0.496 e. The highest BCUT2D eigenvalue weighted by Crippen LogP contribution is 2.32. The Bertz CT molecular complexity index is 882. The van der Waals surface area contributed by atoms with Gasteiger partial charge in [0.05, 0.1) is 18.4 Å². The van der Waals surface area contributed by atoms with Crippen LogP contribution in [0.3, 0.4) is 0 Å². The van der Waals surface area contributed by atoms with E-state index < -0.39 is 23.4 Å². The second-order valence-corrected chi connectivity index (χ2v) is 6.47. The topological polar surface area (TPSA) is 58.6 Å². The number of para-hydroxylation sites is 1. The molecule has 5 nitrogen and oxygen atoms in total. The van der Waals surface area contributed by atoms with Crippen molar-refractivity contribution in [3.63, 3.8) is 0 Å². The Hall–Kier alpha value is -2.96. The number of anilines is 1. The highest BCUT2D eigenvalue weighted by atomic mass is 19.1. The number of benzene rings is 2. The summed E-state index contributed by atoms with van der Waals surface area (Å²) in [6.07, 6.45) is 1.64. The lowest BCUT2D eigenvalue weighted by Crippen LogP contribution is -2.33. The molecule has 1 aliphatic carbocycles. The van der Waals surface area contributed by atoms with E-state index in [0.29, 0.717) is 11.8 Å². The molecule has 142 valence electrons. The van der Waals surface area contributed by atoms with Crippen LogP contribution in [-0.4, -0.2) is 29.9 Å². The van der Waals surface area contributed by atoms with Crippen LogP contribution in [0.5, 0.6) is 5.75 Å². The number of rotatable bonds is 6. The predicted molar refractivity (Wildman–Crippen MR) is 96.6 cm³/mol. The summed E-state index contributed by atoms with van der Waals surface area (Å²) in [7, 11) is 1.54. The molecular weight excluding hydrogens is 354 g/mol. The Morgan fingerprint density at radius 3 is 2.52 bits per heavy atom. The summed E-state index contributed by atoms with van der Waals surface area (Å²) >= 11 is 0. The third kappa shape index (κ3) is 4.24. The fourth-order valence-electron chi connectivity index (χ4n) is 2.92. The number of hydrogen-bond donors (Lipinski definition) is 1. The van der Waals surface area contributed by atoms with Crippen LogP contribution in [-0.2, 0) is 11.3 Å². The van der Waals surface area contributed by atoms with Crippen LogP contribution >= 0.6 is 0 Å². The average Bonchev–Trinajstić information content (AvgIpc) is 3.46. The van der Waals surface area contributed by atoms with Crippen molar-refractivity contribution in [2.24, 2.45) is 0 Å². The number of amides is 2. The Morgan fingerprint density at radius 1 is 1.19 bits per heavy atom. The molecule has 0 aliphatic heterocycles. The molecule has 27 heavy (non-hydrogen) atoms. The van der Waals surface area contributed by atoms with E-state index in [0.717, 1.165) is 24.5 Å². The maximum Gasteiger partial charge on any atom is 0.257 e. The van der Waals surface area contributed by atoms with Gasteiger partial charge >= 0.3 is 0 Å². The second kappa shape index (κ2) is 7.73. The van der Waals surface area contributed by atoms with Gasteiger partial charge in [0.2, 0.25) is 5.91 Å². The molecule has 1 fully saturated rings. The lowest BCUT2D eigenvalue weighted by Gasteiger charge is -2.24. The molecule has 0 unspecified atom stereocenters. The minimum atomic E-state index is -0.961. The molecule has 2 amide bonds. The van der Waals surface area contributed by atoms with Gasteiger partial charge in [0.1, 0.15) is 17.4 Å². The van der Waals surface area contributed by atoms with Gasteiger partial charge in [-0.25, -0.2) is 8.78 Å². The van der Waals surface area contributed by atoms with Crippen molar-refractivity contribution in [2.75, 3.05) is 12.4 Å². The Balaban J connectivity index is 1.93. The van der Waals surface area contributed by atoms with Crippen LogP contribution in [0.25, 0.3) is 0 Å². The first-order valence-electron chi connectivity index (χ1n) is 8.60. The molecule has 1 N–H and O–H groups in total. The summed E-state index contributed by atoms with van der Waals surface area (Å²) in [6, 6.07) is 8.95. The van der Waals surface area contributed by atoms with Gasteiger partial charge in [0.25, 0.3) is 5.91 Å². The van der Waals surface area contributed by atoms with Gasteiger partial charge in [-0.2, -0.15) is 0 Å². The minimum Gasteiger partial charge on any atom is -0.496 e. The summed E-state index contributed by atoms with van der Waals surface area (Å²) in [6.45, 7) is 1.46. The van der Waals surface area contributed by atoms with Crippen LogP contribution in [0.4, 0.5) is 14.5 Å². The normalized spacial score (nSPS) is 13.2. The van der Waals surface area contributed by atoms with Gasteiger partial charge in [0.15, 0.2) is 0 Å². The van der Waals surface area contributed by atoms with E-state index in [-0.39, 0.29) is 23.8 Å². The molecule has 0 aromatic heterocycles. The van der Waals surface area contributed by atoms with Gasteiger partial charge in [-0.05, 0) is 25.0 Å². The highest BCUT2D eigenvalue weighted by molar-refractivity contribution is 5.97. The predicted octanol–water partition coefficient (Wildman–Crippen LogP) is 3.74. The van der Waals surface area contributed by atoms with Crippen molar-refractivity contribution >= 4 is 17.5 Å². The summed E-state index contributed by atoms with van der Waals surface area (Å²) < 4.78 is 33.5. The standard InChI is InChI=1S/C20H20F2N2O3/c1-12(25)23-18-9-15(16(21)10-17(18)22)20(26)24(14-7-8-14)11-13-5-3-4-6-19(13)27-2/h3-6,9-10,14H,7-8,11H2,1-2H3,(H,23,25). The summed E-state index contributed by atoms with van der Waals surface area (Å²) in [5.74, 6) is -2.31. The Morgan fingerprint density at radius 2 is 1.89 bits per heavy atom. The molecule has 2 aromatic rings. The Labute approximate surface area is 155 Å². The molecule has 0 radical (unpaired) electrons. The van der Waals surface area contributed by atoms with Crippen molar-refractivity contribution in [1.82, 2.24) is 4.90 Å². The number of methoxy groups -OCH3 is 1. The third-order valence-corrected chi connectivity index (χ3v) is 4.38. The van der Waals surface area contributed by atoms with Crippen molar-refractivity contribution < 1.29 is 23.1 Å². The van der Waals surface area contributed by atoms with Gasteiger partial charge in [-0.3, -0.25) is 9.59 Å². The fourth-order valence-corrected chi connectivity index (χ4v) is 2.92. The van der Waals surface area contributed by atoms with E-state index in [1.54, 1.807) is 18.1 Å². The van der Waals surface area contributed by atoms with Gasteiger partial charge < -0.3 is 15.0 Å².